The van der Waals surface area contributed by atoms with Gasteiger partial charge in [0.25, 0.3) is 0 Å². The zero-order valence-corrected chi connectivity index (χ0v) is 16.9. The van der Waals surface area contributed by atoms with Crippen LogP contribution in [0.25, 0.3) is 0 Å². The summed E-state index contributed by atoms with van der Waals surface area (Å²) in [6.45, 7) is 4.54. The maximum atomic E-state index is 5.98. The third-order valence-electron chi connectivity index (χ3n) is 5.19. The molecule has 0 fully saturated rings. The van der Waals surface area contributed by atoms with E-state index in [9.17, 15) is 0 Å². The second-order valence-corrected chi connectivity index (χ2v) is 7.59. The van der Waals surface area contributed by atoms with Gasteiger partial charge in [-0.05, 0) is 42.4 Å². The molecular formula is C23H42N2. The maximum Gasteiger partial charge on any atom is 0.0787 e. The van der Waals surface area contributed by atoms with Crippen LogP contribution in [0.1, 0.15) is 114 Å². The van der Waals surface area contributed by atoms with E-state index >= 15 is 0 Å². The number of rotatable bonds is 15. The predicted molar refractivity (Wildman–Crippen MR) is 112 cm³/mol. The van der Waals surface area contributed by atoms with E-state index in [1.165, 1.54) is 94.6 Å². The van der Waals surface area contributed by atoms with E-state index in [4.69, 9.17) is 11.5 Å². The van der Waals surface area contributed by atoms with E-state index in [0.29, 0.717) is 0 Å². The summed E-state index contributed by atoms with van der Waals surface area (Å²) >= 11 is 0. The molecule has 0 radical (unpaired) electrons. The fraction of sp³-hybridized carbons (Fsp3) is 0.739. The van der Waals surface area contributed by atoms with E-state index in [1.54, 1.807) is 0 Å². The summed E-state index contributed by atoms with van der Waals surface area (Å²) < 4.78 is 0. The zero-order valence-electron chi connectivity index (χ0n) is 16.9. The lowest BCUT2D eigenvalue weighted by molar-refractivity contribution is 0.602. The average molecular weight is 347 g/mol. The molecule has 2 heteroatoms. The lowest BCUT2D eigenvalue weighted by Crippen LogP contribution is -2.21. The van der Waals surface area contributed by atoms with Gasteiger partial charge < -0.3 is 11.5 Å². The molecule has 0 aliphatic heterocycles. The van der Waals surface area contributed by atoms with Gasteiger partial charge in [0.15, 0.2) is 0 Å². The maximum absolute atomic E-state index is 5.98. The lowest BCUT2D eigenvalue weighted by atomic mass is 9.95. The largest absolute Gasteiger partial charge is 0.312 e. The Morgan fingerprint density at radius 2 is 1.20 bits per heavy atom. The van der Waals surface area contributed by atoms with Crippen LogP contribution in [0.3, 0.4) is 0 Å². The van der Waals surface area contributed by atoms with Crippen molar-refractivity contribution in [2.24, 2.45) is 11.5 Å². The van der Waals surface area contributed by atoms with Crippen LogP contribution >= 0.6 is 0 Å². The molecule has 2 nitrogen and oxygen atoms in total. The lowest BCUT2D eigenvalue weighted by Gasteiger charge is -2.15. The third-order valence-corrected chi connectivity index (χ3v) is 5.19. The molecule has 0 spiro atoms. The molecule has 1 aromatic carbocycles. The number of hydrogen-bond acceptors (Lipinski definition) is 2. The minimum Gasteiger partial charge on any atom is -0.312 e. The van der Waals surface area contributed by atoms with Crippen LogP contribution in [-0.4, -0.2) is 0 Å². The average Bonchev–Trinajstić information content (AvgIpc) is 2.61. The molecular weight excluding hydrogens is 304 g/mol. The van der Waals surface area contributed by atoms with Crippen LogP contribution in [0, 0.1) is 0 Å². The van der Waals surface area contributed by atoms with Gasteiger partial charge in [-0.15, -0.1) is 0 Å². The first-order chi connectivity index (χ1) is 12.2. The summed E-state index contributed by atoms with van der Waals surface area (Å²) in [5.41, 5.74) is 15.9. The van der Waals surface area contributed by atoms with Crippen LogP contribution < -0.4 is 11.5 Å². The van der Waals surface area contributed by atoms with Crippen molar-refractivity contribution in [2.45, 2.75) is 110 Å². The van der Waals surface area contributed by atoms with Crippen molar-refractivity contribution in [1.29, 1.82) is 0 Å². The molecule has 0 heterocycles. The van der Waals surface area contributed by atoms with Crippen molar-refractivity contribution in [3.8, 4) is 0 Å². The molecule has 0 aromatic heterocycles. The molecule has 144 valence electrons. The van der Waals surface area contributed by atoms with Crippen LogP contribution in [0.5, 0.6) is 0 Å². The summed E-state index contributed by atoms with van der Waals surface area (Å²) in [7, 11) is 0. The van der Waals surface area contributed by atoms with E-state index < -0.39 is 0 Å². The SMILES string of the molecule is CCCCCCCCc1ccc(C(N)N)c(CCCCCCCC)c1. The van der Waals surface area contributed by atoms with Gasteiger partial charge in [0.05, 0.1) is 6.17 Å². The van der Waals surface area contributed by atoms with E-state index in [0.717, 1.165) is 12.0 Å². The Kier molecular flexibility index (Phi) is 12.7. The summed E-state index contributed by atoms with van der Waals surface area (Å²) in [4.78, 5) is 0. The summed E-state index contributed by atoms with van der Waals surface area (Å²) in [5.74, 6) is 0. The van der Waals surface area contributed by atoms with Crippen LogP contribution in [-0.2, 0) is 12.8 Å². The molecule has 0 atom stereocenters. The Bertz CT molecular complexity index is 440. The summed E-state index contributed by atoms with van der Waals surface area (Å²) in [6, 6.07) is 6.78. The number of hydrogen-bond donors (Lipinski definition) is 2. The molecule has 4 N–H and O–H groups in total. The molecule has 25 heavy (non-hydrogen) atoms. The number of nitrogens with two attached hydrogens (primary N) is 2. The van der Waals surface area contributed by atoms with Crippen molar-refractivity contribution in [2.75, 3.05) is 0 Å². The minimum absolute atomic E-state index is 0.349. The van der Waals surface area contributed by atoms with Crippen molar-refractivity contribution in [3.05, 3.63) is 34.9 Å². The molecule has 0 saturated carbocycles. The normalized spacial score (nSPS) is 11.4. The van der Waals surface area contributed by atoms with E-state index in [-0.39, 0.29) is 6.17 Å². The smallest absolute Gasteiger partial charge is 0.0787 e. The second kappa shape index (κ2) is 14.3. The third kappa shape index (κ3) is 10.0. The quantitative estimate of drug-likeness (QED) is 0.285. The first-order valence-electron chi connectivity index (χ1n) is 10.8. The fourth-order valence-corrected chi connectivity index (χ4v) is 3.56. The van der Waals surface area contributed by atoms with Gasteiger partial charge in [-0.1, -0.05) is 96.3 Å². The molecule has 0 bridgehead atoms. The van der Waals surface area contributed by atoms with Gasteiger partial charge in [-0.3, -0.25) is 0 Å². The molecule has 0 aliphatic carbocycles. The Balaban J connectivity index is 2.44. The standard InChI is InChI=1S/C23H42N2/c1-3-5-7-9-11-13-15-20-17-18-22(23(24)25)21(19-20)16-14-12-10-8-6-4-2/h17-19,23H,3-16,24-25H2,1-2H3. The van der Waals surface area contributed by atoms with Gasteiger partial charge in [0, 0.05) is 0 Å². The highest BCUT2D eigenvalue weighted by Crippen LogP contribution is 2.20. The first kappa shape index (κ1) is 22.2. The fourth-order valence-electron chi connectivity index (χ4n) is 3.56. The van der Waals surface area contributed by atoms with Gasteiger partial charge in [0.1, 0.15) is 0 Å². The topological polar surface area (TPSA) is 52.0 Å². The number of aryl methyl sites for hydroxylation is 2. The van der Waals surface area contributed by atoms with Crippen molar-refractivity contribution in [3.63, 3.8) is 0 Å². The van der Waals surface area contributed by atoms with Crippen molar-refractivity contribution >= 4 is 0 Å². The predicted octanol–water partition coefficient (Wildman–Crippen LogP) is 6.41. The first-order valence-corrected chi connectivity index (χ1v) is 10.8. The summed E-state index contributed by atoms with van der Waals surface area (Å²) in [5, 5.41) is 0. The minimum atomic E-state index is -0.349. The number of unbranched alkanes of at least 4 members (excludes halogenated alkanes) is 10. The van der Waals surface area contributed by atoms with E-state index in [2.05, 4.69) is 32.0 Å². The van der Waals surface area contributed by atoms with E-state index in [1.807, 2.05) is 0 Å². The monoisotopic (exact) mass is 346 g/mol. The molecule has 0 unspecified atom stereocenters. The van der Waals surface area contributed by atoms with Gasteiger partial charge in [-0.2, -0.15) is 0 Å². The van der Waals surface area contributed by atoms with Crippen molar-refractivity contribution in [1.82, 2.24) is 0 Å². The Hall–Kier alpha value is -0.860. The van der Waals surface area contributed by atoms with Crippen LogP contribution in [0.2, 0.25) is 0 Å². The van der Waals surface area contributed by atoms with Crippen LogP contribution in [0.4, 0.5) is 0 Å². The van der Waals surface area contributed by atoms with Gasteiger partial charge in [-0.25, -0.2) is 0 Å². The van der Waals surface area contributed by atoms with Gasteiger partial charge >= 0.3 is 0 Å². The zero-order chi connectivity index (χ0) is 18.3. The van der Waals surface area contributed by atoms with Crippen LogP contribution in [0.15, 0.2) is 18.2 Å². The van der Waals surface area contributed by atoms with Crippen molar-refractivity contribution < 1.29 is 0 Å². The summed E-state index contributed by atoms with van der Waals surface area (Å²) in [6.07, 6.45) is 18.1. The second-order valence-electron chi connectivity index (χ2n) is 7.59. The Labute approximate surface area is 156 Å². The van der Waals surface area contributed by atoms with Gasteiger partial charge in [0.2, 0.25) is 0 Å². The Morgan fingerprint density at radius 1 is 0.680 bits per heavy atom. The molecule has 0 aliphatic rings. The molecule has 1 aromatic rings. The molecule has 0 amide bonds. The Morgan fingerprint density at radius 3 is 1.76 bits per heavy atom. The highest BCUT2D eigenvalue weighted by atomic mass is 14.8. The number of benzene rings is 1. The molecule has 1 rings (SSSR count). The highest BCUT2D eigenvalue weighted by molar-refractivity contribution is 5.34. The molecule has 0 saturated heterocycles. The highest BCUT2D eigenvalue weighted by Gasteiger charge is 2.08.